The van der Waals surface area contributed by atoms with Gasteiger partial charge < -0.3 is 15.0 Å². The molecule has 0 saturated carbocycles. The normalized spacial score (nSPS) is 18.5. The van der Waals surface area contributed by atoms with Gasteiger partial charge in [-0.1, -0.05) is 48.5 Å². The zero-order valence-corrected chi connectivity index (χ0v) is 19.7. The zero-order chi connectivity index (χ0) is 25.4. The Bertz CT molecular complexity index is 1230. The third-order valence-corrected chi connectivity index (χ3v) is 6.02. The molecule has 1 fully saturated rings. The predicted octanol–water partition coefficient (Wildman–Crippen LogP) is 6.45. The molecule has 2 atom stereocenters. The van der Waals surface area contributed by atoms with Gasteiger partial charge in [0.1, 0.15) is 5.60 Å². The minimum Gasteiger partial charge on any atom is -0.444 e. The van der Waals surface area contributed by atoms with Gasteiger partial charge in [0, 0.05) is 30.1 Å². The zero-order valence-electron chi connectivity index (χ0n) is 19.7. The summed E-state index contributed by atoms with van der Waals surface area (Å²) in [5.41, 5.74) is -0.290. The highest BCUT2D eigenvalue weighted by molar-refractivity contribution is 6.03. The van der Waals surface area contributed by atoms with Crippen molar-refractivity contribution in [2.45, 2.75) is 38.5 Å². The molecule has 1 aliphatic heterocycles. The molecule has 4 rings (SSSR count). The van der Waals surface area contributed by atoms with E-state index in [1.807, 2.05) is 36.4 Å². The van der Waals surface area contributed by atoms with E-state index in [1.165, 1.54) is 17.0 Å². The molecular weight excluding hydrogens is 457 g/mol. The van der Waals surface area contributed by atoms with Gasteiger partial charge in [0.25, 0.3) is 0 Å². The molecule has 35 heavy (non-hydrogen) atoms. The maximum atomic E-state index is 13.5. The van der Waals surface area contributed by atoms with Gasteiger partial charge in [0.15, 0.2) is 0 Å². The summed E-state index contributed by atoms with van der Waals surface area (Å²) in [7, 11) is 0. The van der Waals surface area contributed by atoms with E-state index < -0.39 is 35.3 Å². The average Bonchev–Trinajstić information content (AvgIpc) is 3.24. The average molecular weight is 485 g/mol. The predicted molar refractivity (Wildman–Crippen MR) is 128 cm³/mol. The number of alkyl halides is 3. The summed E-state index contributed by atoms with van der Waals surface area (Å²) in [6.45, 7) is 5.50. The molecule has 5 nitrogen and oxygen atoms in total. The monoisotopic (exact) mass is 484 g/mol. The van der Waals surface area contributed by atoms with E-state index in [9.17, 15) is 22.8 Å². The molecule has 3 aromatic rings. The van der Waals surface area contributed by atoms with E-state index >= 15 is 0 Å². The third-order valence-electron chi connectivity index (χ3n) is 6.02. The van der Waals surface area contributed by atoms with Crippen LogP contribution in [0.15, 0.2) is 66.7 Å². The molecule has 0 unspecified atom stereocenters. The quantitative estimate of drug-likeness (QED) is 0.465. The lowest BCUT2D eigenvalue weighted by Gasteiger charge is -2.24. The van der Waals surface area contributed by atoms with Crippen molar-refractivity contribution in [1.82, 2.24) is 4.90 Å². The number of halogens is 3. The maximum absolute atomic E-state index is 13.5. The molecule has 2 amide bonds. The van der Waals surface area contributed by atoms with Crippen LogP contribution in [0, 0.1) is 5.92 Å². The molecule has 1 aliphatic rings. The van der Waals surface area contributed by atoms with Crippen LogP contribution in [-0.2, 0) is 15.7 Å². The van der Waals surface area contributed by atoms with Crippen LogP contribution in [0.2, 0.25) is 0 Å². The largest absolute Gasteiger partial charge is 0.444 e. The van der Waals surface area contributed by atoms with Crippen molar-refractivity contribution in [3.05, 3.63) is 77.9 Å². The number of hydrogen-bond acceptors (Lipinski definition) is 3. The summed E-state index contributed by atoms with van der Waals surface area (Å²) >= 11 is 0. The van der Waals surface area contributed by atoms with Gasteiger partial charge >= 0.3 is 12.3 Å². The molecule has 1 heterocycles. The molecule has 1 saturated heterocycles. The number of ether oxygens (including phenoxy) is 1. The fraction of sp³-hybridized carbons (Fsp3) is 0.333. The van der Waals surface area contributed by atoms with Crippen molar-refractivity contribution >= 4 is 28.5 Å². The molecule has 184 valence electrons. The van der Waals surface area contributed by atoms with E-state index in [4.69, 9.17) is 4.74 Å². The lowest BCUT2D eigenvalue weighted by atomic mass is 9.87. The van der Waals surface area contributed by atoms with Gasteiger partial charge in [-0.05, 0) is 49.9 Å². The van der Waals surface area contributed by atoms with Crippen molar-refractivity contribution in [2.24, 2.45) is 5.92 Å². The van der Waals surface area contributed by atoms with Gasteiger partial charge in [-0.3, -0.25) is 4.79 Å². The van der Waals surface area contributed by atoms with E-state index in [0.717, 1.165) is 22.9 Å². The van der Waals surface area contributed by atoms with Crippen LogP contribution in [0.25, 0.3) is 10.8 Å². The number of nitrogens with one attached hydrogen (secondary N) is 1. The molecule has 0 bridgehead atoms. The fourth-order valence-electron chi connectivity index (χ4n) is 4.36. The molecule has 0 aliphatic carbocycles. The smallest absolute Gasteiger partial charge is 0.416 e. The van der Waals surface area contributed by atoms with Crippen molar-refractivity contribution in [2.75, 3.05) is 18.4 Å². The summed E-state index contributed by atoms with van der Waals surface area (Å²) in [5, 5.41) is 4.81. The Hall–Kier alpha value is -3.55. The minimum atomic E-state index is -4.46. The van der Waals surface area contributed by atoms with Crippen molar-refractivity contribution in [3.63, 3.8) is 0 Å². The van der Waals surface area contributed by atoms with Crippen LogP contribution in [-0.4, -0.2) is 35.6 Å². The molecule has 3 aromatic carbocycles. The first-order valence-electron chi connectivity index (χ1n) is 11.4. The molecule has 8 heteroatoms. The summed E-state index contributed by atoms with van der Waals surface area (Å²) < 4.78 is 44.7. The Morgan fingerprint density at radius 1 is 0.914 bits per heavy atom. The van der Waals surface area contributed by atoms with E-state index in [2.05, 4.69) is 5.32 Å². The molecule has 0 aromatic heterocycles. The Kier molecular flexibility index (Phi) is 6.49. The number of benzene rings is 3. The highest BCUT2D eigenvalue weighted by atomic mass is 19.4. The lowest BCUT2D eigenvalue weighted by molar-refractivity contribution is -0.137. The number of hydrogen-bond donors (Lipinski definition) is 1. The highest BCUT2D eigenvalue weighted by Crippen LogP contribution is 2.37. The molecular formula is C27H27F3N2O3. The summed E-state index contributed by atoms with van der Waals surface area (Å²) in [5.74, 6) is -1.46. The fourth-order valence-corrected chi connectivity index (χ4v) is 4.36. The first-order chi connectivity index (χ1) is 16.4. The number of carbonyl (C=O) groups excluding carboxylic acids is 2. The van der Waals surface area contributed by atoms with Gasteiger partial charge in [-0.15, -0.1) is 0 Å². The molecule has 0 spiro atoms. The Morgan fingerprint density at radius 2 is 1.57 bits per heavy atom. The summed E-state index contributed by atoms with van der Waals surface area (Å²) in [4.78, 5) is 27.6. The Balaban J connectivity index is 1.63. The van der Waals surface area contributed by atoms with Crippen LogP contribution in [0.3, 0.4) is 0 Å². The van der Waals surface area contributed by atoms with Crippen molar-refractivity contribution in [1.29, 1.82) is 0 Å². The number of carbonyl (C=O) groups is 2. The number of rotatable bonds is 3. The minimum absolute atomic E-state index is 0.0944. The summed E-state index contributed by atoms with van der Waals surface area (Å²) in [6, 6.07) is 18.0. The van der Waals surface area contributed by atoms with E-state index in [0.29, 0.717) is 11.3 Å². The van der Waals surface area contributed by atoms with Crippen LogP contribution >= 0.6 is 0 Å². The second-order valence-corrected chi connectivity index (χ2v) is 9.73. The summed E-state index contributed by atoms with van der Waals surface area (Å²) in [6.07, 6.45) is -5.02. The Morgan fingerprint density at radius 3 is 2.23 bits per heavy atom. The number of fused-ring (bicyclic) bond motifs is 1. The van der Waals surface area contributed by atoms with Crippen LogP contribution < -0.4 is 5.32 Å². The van der Waals surface area contributed by atoms with Gasteiger partial charge in [0.05, 0.1) is 11.5 Å². The number of amides is 2. The van der Waals surface area contributed by atoms with Crippen LogP contribution in [0.4, 0.5) is 23.7 Å². The van der Waals surface area contributed by atoms with Gasteiger partial charge in [-0.25, -0.2) is 4.79 Å². The SMILES string of the molecule is CC(C)(C)OC(=O)N1C[C@H](C(=O)Nc2cccc3ccccc23)[C@@H](c2ccc(C(F)(F)F)cc2)C1. The molecule has 0 radical (unpaired) electrons. The first kappa shape index (κ1) is 24.6. The van der Waals surface area contributed by atoms with Crippen LogP contribution in [0.5, 0.6) is 0 Å². The second-order valence-electron chi connectivity index (χ2n) is 9.73. The van der Waals surface area contributed by atoms with Crippen LogP contribution in [0.1, 0.15) is 37.8 Å². The highest BCUT2D eigenvalue weighted by Gasteiger charge is 2.42. The molecule has 1 N–H and O–H groups in total. The third kappa shape index (κ3) is 5.58. The topological polar surface area (TPSA) is 58.6 Å². The Labute approximate surface area is 201 Å². The van der Waals surface area contributed by atoms with E-state index in [1.54, 1.807) is 26.8 Å². The lowest BCUT2D eigenvalue weighted by Crippen LogP contribution is -2.36. The number of nitrogens with zero attached hydrogens (tertiary/aromatic N) is 1. The van der Waals surface area contributed by atoms with Crippen molar-refractivity contribution < 1.29 is 27.5 Å². The first-order valence-corrected chi connectivity index (χ1v) is 11.4. The van der Waals surface area contributed by atoms with Gasteiger partial charge in [-0.2, -0.15) is 13.2 Å². The number of anilines is 1. The van der Waals surface area contributed by atoms with Crippen molar-refractivity contribution in [3.8, 4) is 0 Å². The van der Waals surface area contributed by atoms with E-state index in [-0.39, 0.29) is 19.0 Å². The maximum Gasteiger partial charge on any atom is 0.416 e. The standard InChI is InChI=1S/C27H27F3N2O3/c1-26(2,3)35-25(34)32-15-21(18-11-13-19(14-12-18)27(28,29)30)22(16-32)24(33)31-23-10-6-8-17-7-4-5-9-20(17)23/h4-14,21-22H,15-16H2,1-3H3,(H,31,33)/t21-,22+/m1/s1. The second kappa shape index (κ2) is 9.24. The van der Waals surface area contributed by atoms with Gasteiger partial charge in [0.2, 0.25) is 5.91 Å². The number of likely N-dealkylation sites (tertiary alicyclic amines) is 1.